The normalized spacial score (nSPS) is 13.0. The van der Waals surface area contributed by atoms with Gasteiger partial charge in [-0.3, -0.25) is 5.10 Å². The van der Waals surface area contributed by atoms with Gasteiger partial charge in [0.15, 0.2) is 0 Å². The van der Waals surface area contributed by atoms with Crippen molar-refractivity contribution in [1.82, 2.24) is 15.5 Å². The van der Waals surface area contributed by atoms with Gasteiger partial charge in [0.1, 0.15) is 0 Å². The molecule has 2 N–H and O–H groups in total. The summed E-state index contributed by atoms with van der Waals surface area (Å²) in [4.78, 5) is 0. The topological polar surface area (TPSA) is 40.7 Å². The van der Waals surface area contributed by atoms with Gasteiger partial charge in [0, 0.05) is 5.69 Å². The van der Waals surface area contributed by atoms with Crippen LogP contribution in [0.2, 0.25) is 0 Å². The zero-order chi connectivity index (χ0) is 11.1. The Morgan fingerprint density at radius 2 is 2.33 bits per heavy atom. The average Bonchev–Trinajstić information content (AvgIpc) is 2.63. The number of hydrogen-bond acceptors (Lipinski definition) is 2. The van der Waals surface area contributed by atoms with Crippen LogP contribution in [0.4, 0.5) is 0 Å². The summed E-state index contributed by atoms with van der Waals surface area (Å²) in [5.41, 5.74) is 2.55. The number of aryl methyl sites for hydroxylation is 2. The highest BCUT2D eigenvalue weighted by atomic mass is 15.1. The number of aromatic amines is 1. The molecule has 1 atom stereocenters. The van der Waals surface area contributed by atoms with Crippen LogP contribution in [0.5, 0.6) is 0 Å². The first-order valence-electron chi connectivity index (χ1n) is 5.93. The molecule has 0 aliphatic rings. The van der Waals surface area contributed by atoms with Gasteiger partial charge in [-0.25, -0.2) is 0 Å². The molecule has 0 aliphatic heterocycles. The van der Waals surface area contributed by atoms with Crippen molar-refractivity contribution in [2.45, 2.75) is 40.0 Å². The summed E-state index contributed by atoms with van der Waals surface area (Å²) >= 11 is 0. The first kappa shape index (κ1) is 12.2. The predicted molar refractivity (Wildman–Crippen MR) is 64.0 cm³/mol. The standard InChI is InChI=1S/C12H23N3/c1-4-10(2)8-13-7-5-6-12-9-14-15-11(12)3/h9-10,13H,4-8H2,1-3H3,(H,14,15). The third kappa shape index (κ3) is 4.47. The van der Waals surface area contributed by atoms with E-state index in [1.807, 2.05) is 6.20 Å². The van der Waals surface area contributed by atoms with Crippen LogP contribution in [0.15, 0.2) is 6.20 Å². The molecule has 3 heteroatoms. The molecule has 1 rings (SSSR count). The van der Waals surface area contributed by atoms with Crippen LogP contribution in [0.25, 0.3) is 0 Å². The highest BCUT2D eigenvalue weighted by molar-refractivity contribution is 5.14. The lowest BCUT2D eigenvalue weighted by Crippen LogP contribution is -2.22. The Kier molecular flexibility index (Phi) is 5.40. The SMILES string of the molecule is CCC(C)CNCCCc1cn[nH]c1C. The number of H-pyrrole nitrogens is 1. The van der Waals surface area contributed by atoms with Crippen LogP contribution in [0.3, 0.4) is 0 Å². The monoisotopic (exact) mass is 209 g/mol. The molecule has 0 bridgehead atoms. The minimum absolute atomic E-state index is 0.792. The van der Waals surface area contributed by atoms with Crippen molar-refractivity contribution in [2.24, 2.45) is 5.92 Å². The Hall–Kier alpha value is -0.830. The summed E-state index contributed by atoms with van der Waals surface area (Å²) < 4.78 is 0. The number of aromatic nitrogens is 2. The molecule has 0 fully saturated rings. The molecule has 3 nitrogen and oxygen atoms in total. The van der Waals surface area contributed by atoms with E-state index in [4.69, 9.17) is 0 Å². The van der Waals surface area contributed by atoms with Crippen LogP contribution in [-0.4, -0.2) is 23.3 Å². The van der Waals surface area contributed by atoms with Crippen LogP contribution in [-0.2, 0) is 6.42 Å². The van der Waals surface area contributed by atoms with Crippen molar-refractivity contribution in [1.29, 1.82) is 0 Å². The van der Waals surface area contributed by atoms with E-state index < -0.39 is 0 Å². The van der Waals surface area contributed by atoms with Gasteiger partial charge >= 0.3 is 0 Å². The molecular formula is C12H23N3. The third-order valence-electron chi connectivity index (χ3n) is 2.92. The summed E-state index contributed by atoms with van der Waals surface area (Å²) in [6.07, 6.45) is 5.50. The van der Waals surface area contributed by atoms with E-state index in [0.717, 1.165) is 25.4 Å². The Balaban J connectivity index is 2.05. The largest absolute Gasteiger partial charge is 0.316 e. The highest BCUT2D eigenvalue weighted by Crippen LogP contribution is 2.05. The molecule has 0 aliphatic carbocycles. The summed E-state index contributed by atoms with van der Waals surface area (Å²) in [5, 5.41) is 10.5. The van der Waals surface area contributed by atoms with E-state index in [1.54, 1.807) is 0 Å². The zero-order valence-corrected chi connectivity index (χ0v) is 10.1. The Labute approximate surface area is 92.7 Å². The molecule has 86 valence electrons. The molecule has 1 aromatic heterocycles. The molecule has 0 radical (unpaired) electrons. The van der Waals surface area contributed by atoms with Gasteiger partial charge in [0.2, 0.25) is 0 Å². The van der Waals surface area contributed by atoms with Crippen molar-refractivity contribution in [3.8, 4) is 0 Å². The van der Waals surface area contributed by atoms with E-state index in [1.165, 1.54) is 24.1 Å². The first-order chi connectivity index (χ1) is 7.24. The number of nitrogens with one attached hydrogen (secondary N) is 2. The molecule has 0 saturated carbocycles. The van der Waals surface area contributed by atoms with Gasteiger partial charge in [0.25, 0.3) is 0 Å². The summed E-state index contributed by atoms with van der Waals surface area (Å²) in [7, 11) is 0. The Morgan fingerprint density at radius 1 is 1.53 bits per heavy atom. The van der Waals surface area contributed by atoms with E-state index in [-0.39, 0.29) is 0 Å². The van der Waals surface area contributed by atoms with E-state index in [0.29, 0.717) is 0 Å². The molecule has 0 aromatic carbocycles. The summed E-state index contributed by atoms with van der Waals surface area (Å²) in [6, 6.07) is 0. The van der Waals surface area contributed by atoms with E-state index in [2.05, 4.69) is 36.3 Å². The second kappa shape index (κ2) is 6.62. The maximum absolute atomic E-state index is 4.02. The molecule has 0 amide bonds. The second-order valence-corrected chi connectivity index (χ2v) is 4.34. The lowest BCUT2D eigenvalue weighted by molar-refractivity contribution is 0.495. The lowest BCUT2D eigenvalue weighted by Gasteiger charge is -2.09. The maximum atomic E-state index is 4.02. The van der Waals surface area contributed by atoms with Gasteiger partial charge in [-0.15, -0.1) is 0 Å². The van der Waals surface area contributed by atoms with Crippen LogP contribution < -0.4 is 5.32 Å². The molecule has 15 heavy (non-hydrogen) atoms. The number of rotatable bonds is 7. The fourth-order valence-electron chi connectivity index (χ4n) is 1.52. The van der Waals surface area contributed by atoms with Crippen molar-refractivity contribution in [3.05, 3.63) is 17.5 Å². The molecule has 1 heterocycles. The molecule has 1 unspecified atom stereocenters. The first-order valence-corrected chi connectivity index (χ1v) is 5.93. The van der Waals surface area contributed by atoms with Crippen LogP contribution in [0, 0.1) is 12.8 Å². The summed E-state index contributed by atoms with van der Waals surface area (Å²) in [5.74, 6) is 0.792. The molecule has 1 aromatic rings. The zero-order valence-electron chi connectivity index (χ0n) is 10.1. The minimum Gasteiger partial charge on any atom is -0.316 e. The smallest absolute Gasteiger partial charge is 0.0522 e. The molecule has 0 saturated heterocycles. The van der Waals surface area contributed by atoms with Crippen molar-refractivity contribution in [3.63, 3.8) is 0 Å². The van der Waals surface area contributed by atoms with E-state index in [9.17, 15) is 0 Å². The van der Waals surface area contributed by atoms with Crippen molar-refractivity contribution < 1.29 is 0 Å². The second-order valence-electron chi connectivity index (χ2n) is 4.34. The van der Waals surface area contributed by atoms with Gasteiger partial charge in [0.05, 0.1) is 6.20 Å². The third-order valence-corrected chi connectivity index (χ3v) is 2.92. The fraction of sp³-hybridized carbons (Fsp3) is 0.750. The number of nitrogens with zero attached hydrogens (tertiary/aromatic N) is 1. The minimum atomic E-state index is 0.792. The van der Waals surface area contributed by atoms with E-state index >= 15 is 0 Å². The maximum Gasteiger partial charge on any atom is 0.0522 e. The van der Waals surface area contributed by atoms with Gasteiger partial charge in [-0.05, 0) is 44.3 Å². The average molecular weight is 209 g/mol. The summed E-state index contributed by atoms with van der Waals surface area (Å²) in [6.45, 7) is 8.85. The van der Waals surface area contributed by atoms with Gasteiger partial charge < -0.3 is 5.32 Å². The van der Waals surface area contributed by atoms with Crippen molar-refractivity contribution in [2.75, 3.05) is 13.1 Å². The fourth-order valence-corrected chi connectivity index (χ4v) is 1.52. The Bertz CT molecular complexity index is 268. The Morgan fingerprint density at radius 3 is 2.93 bits per heavy atom. The van der Waals surface area contributed by atoms with Gasteiger partial charge in [-0.2, -0.15) is 5.10 Å². The number of hydrogen-bond donors (Lipinski definition) is 2. The quantitative estimate of drug-likeness (QED) is 0.676. The molecular weight excluding hydrogens is 186 g/mol. The van der Waals surface area contributed by atoms with Gasteiger partial charge in [-0.1, -0.05) is 20.3 Å². The lowest BCUT2D eigenvalue weighted by atomic mass is 10.1. The van der Waals surface area contributed by atoms with Crippen LogP contribution >= 0.6 is 0 Å². The van der Waals surface area contributed by atoms with Crippen molar-refractivity contribution >= 4 is 0 Å². The molecule has 0 spiro atoms. The highest BCUT2D eigenvalue weighted by Gasteiger charge is 2.00. The van der Waals surface area contributed by atoms with Crippen LogP contribution in [0.1, 0.15) is 37.9 Å². The predicted octanol–water partition coefficient (Wildman–Crippen LogP) is 2.29.